The van der Waals surface area contributed by atoms with Gasteiger partial charge in [-0.3, -0.25) is 86.3 Å². The zero-order valence-electron chi connectivity index (χ0n) is 69.0. The van der Waals surface area contributed by atoms with Gasteiger partial charge in [0.1, 0.15) is 89.4 Å². The molecule has 0 aliphatic rings. The molecule has 0 radical (unpaired) electrons. The predicted octanol–water partition coefficient (Wildman–Crippen LogP) is -5.54. The number of phenols is 2. The number of carbonyl (C=O) groups excluding carboxylic acids is 14. The molecule has 3 rings (SSSR count). The van der Waals surface area contributed by atoms with Gasteiger partial charge in [-0.25, -0.2) is 0 Å². The molecule has 3 aromatic carbocycles. The maximum atomic E-state index is 14.7. The Morgan fingerprint density at radius 3 is 1.19 bits per heavy atom. The van der Waals surface area contributed by atoms with Crippen LogP contribution in [-0.4, -0.2) is 275 Å². The smallest absolute Gasteiger partial charge is 0.318 e. The maximum Gasteiger partial charge on any atom is 0.318 e. The summed E-state index contributed by atoms with van der Waals surface area (Å²) in [6.45, 7) is 9.13. The second kappa shape index (κ2) is 51.2. The quantitative estimate of drug-likeness (QED) is 0.0185. The molecular formula is C79H115N15O28. The van der Waals surface area contributed by atoms with Crippen LogP contribution in [0.25, 0.3) is 0 Å². The molecule has 0 spiro atoms. The summed E-state index contributed by atoms with van der Waals surface area (Å²) in [6, 6.07) is -4.49. The molecule has 0 unspecified atom stereocenters. The van der Waals surface area contributed by atoms with E-state index in [2.05, 4.69) is 74.4 Å². The number of nitrogens with two attached hydrogens (primary N) is 1. The van der Waals surface area contributed by atoms with Crippen LogP contribution >= 0.6 is 0 Å². The van der Waals surface area contributed by atoms with Crippen LogP contribution < -0.4 is 80.2 Å². The van der Waals surface area contributed by atoms with Crippen LogP contribution in [0.5, 0.6) is 11.5 Å². The zero-order chi connectivity index (χ0) is 92.0. The lowest BCUT2D eigenvalue weighted by Crippen LogP contribution is -2.63. The number of aliphatic carboxylic acids is 4. The normalized spacial score (nSPS) is 15.2. The molecule has 43 heteroatoms. The molecule has 0 saturated carbocycles. The fourth-order valence-corrected chi connectivity index (χ4v) is 11.7. The van der Waals surface area contributed by atoms with E-state index in [1.54, 1.807) is 45.9 Å². The van der Waals surface area contributed by atoms with E-state index in [0.717, 1.165) is 27.7 Å². The molecule has 0 aliphatic heterocycles. The van der Waals surface area contributed by atoms with Crippen molar-refractivity contribution in [1.29, 1.82) is 0 Å². The summed E-state index contributed by atoms with van der Waals surface area (Å²) in [5, 5.41) is 134. The first-order valence-electron chi connectivity index (χ1n) is 39.2. The number of aromatic hydroxyl groups is 2. The number of unbranched alkanes of at least 4 members (excludes halogenated alkanes) is 1. The topological polar surface area (TPSA) is 704 Å². The van der Waals surface area contributed by atoms with Crippen molar-refractivity contribution in [3.63, 3.8) is 0 Å². The van der Waals surface area contributed by atoms with E-state index in [1.165, 1.54) is 67.6 Å². The largest absolute Gasteiger partial charge is 0.508 e. The number of aliphatic hydroxyl groups excluding tert-OH is 4. The van der Waals surface area contributed by atoms with Crippen molar-refractivity contribution < 1.29 is 137 Å². The number of hydrogen-bond donors (Lipinski definition) is 25. The van der Waals surface area contributed by atoms with Gasteiger partial charge in [-0.15, -0.1) is 0 Å². The summed E-state index contributed by atoms with van der Waals surface area (Å²) in [4.78, 5) is 243. The highest BCUT2D eigenvalue weighted by atomic mass is 16.4. The van der Waals surface area contributed by atoms with Crippen molar-refractivity contribution in [2.45, 2.75) is 230 Å². The van der Waals surface area contributed by atoms with Gasteiger partial charge in [0.05, 0.1) is 44.8 Å². The van der Waals surface area contributed by atoms with Crippen LogP contribution in [0.4, 0.5) is 0 Å². The SMILES string of the molecule is CC[C@H](C)[C@H](NC(=O)[C@H](CO)NC(=O)[C@H](Cc1ccc(O)cc1)NC(=O)[C@H](CC(=O)O)NC(=O)[C@H](CO)NC(=O)[C@@H](NC(=O)[C@H](Cc1ccccc1)NC(=O)[C@@H](NC(=O)CNC(=O)[C@H](CCC(=O)O)NC(=O)C(C)(C)C(=O)O)[C@@H](C)O)[C@@H](C)O)C(=O)N[C@@H](Cc1ccc(O)cc1)C(=O)N[C@@H](CC(C)C)C(=O)N[C@@H](CC(=O)O)C(=O)N[C@H](C)CCCCN. The van der Waals surface area contributed by atoms with Crippen molar-refractivity contribution >= 4 is 107 Å². The van der Waals surface area contributed by atoms with Gasteiger partial charge < -0.3 is 131 Å². The predicted molar refractivity (Wildman–Crippen MR) is 430 cm³/mol. The van der Waals surface area contributed by atoms with Gasteiger partial charge in [-0.1, -0.05) is 95.1 Å². The van der Waals surface area contributed by atoms with Gasteiger partial charge in [-0.2, -0.15) is 0 Å². The average molecular weight is 1720 g/mol. The van der Waals surface area contributed by atoms with Crippen LogP contribution in [0.1, 0.15) is 137 Å². The number of phenolic OH excluding ortho intramolecular Hbond substituents is 2. The monoisotopic (exact) mass is 1720 g/mol. The third-order valence-electron chi connectivity index (χ3n) is 19.1. The Morgan fingerprint density at radius 1 is 0.393 bits per heavy atom. The Kier molecular flexibility index (Phi) is 43.5. The van der Waals surface area contributed by atoms with Crippen molar-refractivity contribution in [2.24, 2.45) is 23.0 Å². The van der Waals surface area contributed by atoms with Gasteiger partial charge >= 0.3 is 23.9 Å². The first kappa shape index (κ1) is 104. The number of carbonyl (C=O) groups is 18. The van der Waals surface area contributed by atoms with Gasteiger partial charge in [0.15, 0.2) is 0 Å². The standard InChI is InChI=1S/C79H115N15O28/c1-10-40(4)62(74(117)87-52(33-46-21-25-48(100)26-22-46)68(111)83-50(30-39(2)3)67(110)85-54(34-60(104)105)66(109)82-41(5)16-14-15-29-80)93-73(116)57(38-96)89-69(112)51(32-45-19-23-47(99)24-20-45)84-70(113)55(35-61(106)107)86-72(115)56(37-95)90-76(119)64(43(7)98)94-71(114)53(31-44-17-12-11-13-18-44)88-75(118)63(42(6)97)92-58(101)36-81-65(108)49(27-28-59(102)103)91-77(120)79(8,9)78(121)122/h11-13,17-26,39-43,49-57,62-64,95-100H,10,14-16,27-38,80H2,1-9H3,(H,81,108)(H,82,109)(H,83,111)(H,84,113)(H,85,110)(H,86,115)(H,87,117)(H,88,118)(H,89,112)(H,90,119)(H,91,120)(H,92,101)(H,93,116)(H,94,114)(H,102,103)(H,104,105)(H,106,107)(H,121,122)/t40-,41+,42+,43+,49-,50-,51-,52-,53-,54-,55-,56-,57-,62-,63-,64-/m0/s1. The lowest BCUT2D eigenvalue weighted by atomic mass is 9.92. The molecule has 0 aliphatic carbocycles. The minimum Gasteiger partial charge on any atom is -0.508 e. The van der Waals surface area contributed by atoms with Gasteiger partial charge in [0, 0.05) is 31.7 Å². The van der Waals surface area contributed by atoms with Crippen LogP contribution in [0, 0.1) is 17.3 Å². The van der Waals surface area contributed by atoms with Crippen molar-refractivity contribution in [1.82, 2.24) is 74.4 Å². The van der Waals surface area contributed by atoms with Crippen LogP contribution in [-0.2, 0) is 106 Å². The van der Waals surface area contributed by atoms with E-state index < -0.39 is 267 Å². The zero-order valence-corrected chi connectivity index (χ0v) is 69.0. The molecule has 0 fully saturated rings. The molecule has 14 amide bonds. The molecule has 0 heterocycles. The molecule has 3 aromatic rings. The van der Waals surface area contributed by atoms with E-state index in [0.29, 0.717) is 36.9 Å². The Balaban J connectivity index is 1.93. The molecule has 26 N–H and O–H groups in total. The third-order valence-corrected chi connectivity index (χ3v) is 19.1. The lowest BCUT2D eigenvalue weighted by molar-refractivity contribution is -0.154. The molecule has 0 saturated heterocycles. The van der Waals surface area contributed by atoms with Crippen LogP contribution in [0.3, 0.4) is 0 Å². The Hall–Kier alpha value is -12.5. The average Bonchev–Trinajstić information content (AvgIpc) is 0.846. The van der Waals surface area contributed by atoms with E-state index in [9.17, 15) is 137 Å². The fourth-order valence-electron chi connectivity index (χ4n) is 11.7. The third kappa shape index (κ3) is 35.8. The first-order chi connectivity index (χ1) is 57.2. The van der Waals surface area contributed by atoms with E-state index in [4.69, 9.17) is 5.73 Å². The number of carboxylic acid groups (broad SMARTS) is 4. The maximum absolute atomic E-state index is 14.7. The number of hydrogen-bond acceptors (Lipinski definition) is 25. The Labute approximate surface area is 702 Å². The van der Waals surface area contributed by atoms with Gasteiger partial charge in [-0.05, 0) is 120 Å². The second-order valence-electron chi connectivity index (χ2n) is 30.3. The molecular weight excluding hydrogens is 1610 g/mol. The van der Waals surface area contributed by atoms with Crippen LogP contribution in [0.2, 0.25) is 0 Å². The number of benzene rings is 3. The number of nitrogens with one attached hydrogen (secondary N) is 14. The molecule has 0 bridgehead atoms. The minimum atomic E-state index is -2.23. The molecule has 43 nitrogen and oxygen atoms in total. The van der Waals surface area contributed by atoms with Crippen LogP contribution in [0.15, 0.2) is 78.9 Å². The number of carboxylic acids is 4. The molecule has 674 valence electrons. The van der Waals surface area contributed by atoms with Crippen molar-refractivity contribution in [3.05, 3.63) is 95.6 Å². The summed E-state index contributed by atoms with van der Waals surface area (Å²) in [7, 11) is 0. The van der Waals surface area contributed by atoms with Gasteiger partial charge in [0.25, 0.3) is 0 Å². The summed E-state index contributed by atoms with van der Waals surface area (Å²) in [6.07, 6.45) is -6.54. The second-order valence-corrected chi connectivity index (χ2v) is 30.3. The van der Waals surface area contributed by atoms with Crippen molar-refractivity contribution in [3.8, 4) is 11.5 Å². The first-order valence-corrected chi connectivity index (χ1v) is 39.2. The highest BCUT2D eigenvalue weighted by Gasteiger charge is 2.42. The summed E-state index contributed by atoms with van der Waals surface area (Å²) < 4.78 is 0. The molecule has 0 aromatic heterocycles. The summed E-state index contributed by atoms with van der Waals surface area (Å²) in [5.41, 5.74) is 4.38. The van der Waals surface area contributed by atoms with E-state index in [-0.39, 0.29) is 42.2 Å². The highest BCUT2D eigenvalue weighted by molar-refractivity contribution is 6.04. The lowest BCUT2D eigenvalue weighted by Gasteiger charge is -2.30. The van der Waals surface area contributed by atoms with Crippen molar-refractivity contribution in [2.75, 3.05) is 26.3 Å². The minimum absolute atomic E-state index is 0.0784. The molecule has 122 heavy (non-hydrogen) atoms. The summed E-state index contributed by atoms with van der Waals surface area (Å²) >= 11 is 0. The highest BCUT2D eigenvalue weighted by Crippen LogP contribution is 2.20. The number of rotatable bonds is 54. The Morgan fingerprint density at radius 2 is 0.762 bits per heavy atom. The number of amides is 14. The molecule has 16 atom stereocenters. The van der Waals surface area contributed by atoms with Gasteiger partial charge in [0.2, 0.25) is 82.7 Å². The van der Waals surface area contributed by atoms with E-state index in [1.807, 2.05) is 0 Å². The van der Waals surface area contributed by atoms with E-state index >= 15 is 0 Å². The number of aliphatic hydroxyl groups is 4. The summed E-state index contributed by atoms with van der Waals surface area (Å²) in [5.74, 6) is -24.6. The Bertz CT molecular complexity index is 4100. The fraction of sp³-hybridized carbons (Fsp3) is 0.544.